The average Bonchev–Trinajstić information content (AvgIpc) is 2.64. The zero-order valence-corrected chi connectivity index (χ0v) is 7.93. The summed E-state index contributed by atoms with van der Waals surface area (Å²) in [7, 11) is 1.96. The molecule has 0 unspecified atom stereocenters. The molecule has 0 radical (unpaired) electrons. The first-order chi connectivity index (χ1) is 5.79. The van der Waals surface area contributed by atoms with Crippen molar-refractivity contribution in [2.75, 3.05) is 0 Å². The number of aromatic nitrogens is 2. The number of rotatable bonds is 1. The van der Waals surface area contributed by atoms with Crippen LogP contribution in [0.4, 0.5) is 0 Å². The van der Waals surface area contributed by atoms with E-state index in [1.54, 1.807) is 11.3 Å². The van der Waals surface area contributed by atoms with Crippen LogP contribution in [-0.2, 0) is 7.05 Å². The zero-order chi connectivity index (χ0) is 8.55. The summed E-state index contributed by atoms with van der Waals surface area (Å²) < 4.78 is 1.90. The van der Waals surface area contributed by atoms with Gasteiger partial charge in [-0.2, -0.15) is 5.10 Å². The lowest BCUT2D eigenvalue weighted by atomic mass is 10.2. The van der Waals surface area contributed by atoms with Crippen molar-refractivity contribution in [2.24, 2.45) is 7.05 Å². The molecule has 0 N–H and O–H groups in total. The van der Waals surface area contributed by atoms with Gasteiger partial charge in [0.1, 0.15) is 0 Å². The van der Waals surface area contributed by atoms with E-state index in [1.165, 1.54) is 16.1 Å². The predicted molar refractivity (Wildman–Crippen MR) is 51.3 cm³/mol. The highest BCUT2D eigenvalue weighted by Gasteiger charge is 2.05. The molecule has 0 amide bonds. The molecule has 2 nitrogen and oxygen atoms in total. The van der Waals surface area contributed by atoms with Gasteiger partial charge in [0.25, 0.3) is 0 Å². The molecule has 0 saturated heterocycles. The first kappa shape index (κ1) is 7.55. The van der Waals surface area contributed by atoms with Gasteiger partial charge in [-0.1, -0.05) is 6.07 Å². The van der Waals surface area contributed by atoms with Crippen molar-refractivity contribution >= 4 is 11.3 Å². The summed E-state index contributed by atoms with van der Waals surface area (Å²) in [5.41, 5.74) is 2.46. The second kappa shape index (κ2) is 2.75. The van der Waals surface area contributed by atoms with Gasteiger partial charge in [-0.15, -0.1) is 11.3 Å². The standard InChI is InChI=1S/C9H10N2S/c1-7-8(6-10-11(7)2)9-4-3-5-12-9/h3-6H,1-2H3. The Balaban J connectivity index is 2.55. The van der Waals surface area contributed by atoms with Crippen LogP contribution in [0.2, 0.25) is 0 Å². The quantitative estimate of drug-likeness (QED) is 0.656. The van der Waals surface area contributed by atoms with E-state index in [9.17, 15) is 0 Å². The lowest BCUT2D eigenvalue weighted by Gasteiger charge is -1.95. The molecule has 2 heterocycles. The Bertz CT molecular complexity index is 373. The number of hydrogen-bond donors (Lipinski definition) is 0. The average molecular weight is 178 g/mol. The van der Waals surface area contributed by atoms with E-state index in [0.717, 1.165) is 0 Å². The van der Waals surface area contributed by atoms with E-state index in [2.05, 4.69) is 29.5 Å². The molecule has 0 spiro atoms. The fourth-order valence-corrected chi connectivity index (χ4v) is 1.96. The summed E-state index contributed by atoms with van der Waals surface area (Å²) in [6.07, 6.45) is 1.92. The Hall–Kier alpha value is -1.09. The molecule has 0 saturated carbocycles. The lowest BCUT2D eigenvalue weighted by Crippen LogP contribution is -1.91. The maximum atomic E-state index is 4.20. The molecule has 0 fully saturated rings. The molecule has 0 atom stereocenters. The van der Waals surface area contributed by atoms with Crippen molar-refractivity contribution in [1.29, 1.82) is 0 Å². The Morgan fingerprint density at radius 2 is 2.33 bits per heavy atom. The van der Waals surface area contributed by atoms with Gasteiger partial charge < -0.3 is 0 Å². The predicted octanol–water partition coefficient (Wildman–Crippen LogP) is 2.46. The molecule has 3 heteroatoms. The minimum atomic E-state index is 1.22. The van der Waals surface area contributed by atoms with Gasteiger partial charge in [0.05, 0.1) is 6.20 Å². The SMILES string of the molecule is Cc1c(-c2cccs2)cnn1C. The highest BCUT2D eigenvalue weighted by Crippen LogP contribution is 2.26. The Kier molecular flexibility index (Phi) is 1.73. The van der Waals surface area contributed by atoms with Crippen molar-refractivity contribution in [3.63, 3.8) is 0 Å². The van der Waals surface area contributed by atoms with Crippen molar-refractivity contribution in [1.82, 2.24) is 9.78 Å². The maximum absolute atomic E-state index is 4.20. The molecule has 0 aliphatic rings. The normalized spacial score (nSPS) is 10.5. The van der Waals surface area contributed by atoms with Crippen molar-refractivity contribution in [3.05, 3.63) is 29.4 Å². The molecule has 0 aliphatic heterocycles. The maximum Gasteiger partial charge on any atom is 0.0579 e. The van der Waals surface area contributed by atoms with Crippen LogP contribution in [0.25, 0.3) is 10.4 Å². The van der Waals surface area contributed by atoms with Crippen molar-refractivity contribution in [3.8, 4) is 10.4 Å². The topological polar surface area (TPSA) is 17.8 Å². The Morgan fingerprint density at radius 1 is 1.50 bits per heavy atom. The van der Waals surface area contributed by atoms with E-state index in [4.69, 9.17) is 0 Å². The summed E-state index contributed by atoms with van der Waals surface area (Å²) in [4.78, 5) is 1.29. The van der Waals surface area contributed by atoms with Crippen LogP contribution in [0.3, 0.4) is 0 Å². The highest BCUT2D eigenvalue weighted by atomic mass is 32.1. The molecular formula is C9H10N2S. The van der Waals surface area contributed by atoms with Crippen LogP contribution in [0.1, 0.15) is 5.69 Å². The second-order valence-corrected chi connectivity index (χ2v) is 3.69. The number of thiophene rings is 1. The minimum absolute atomic E-state index is 1.22. The Labute approximate surface area is 75.5 Å². The van der Waals surface area contributed by atoms with Gasteiger partial charge in [0, 0.05) is 23.2 Å². The third kappa shape index (κ3) is 1.06. The van der Waals surface area contributed by atoms with E-state index < -0.39 is 0 Å². The molecule has 0 aliphatic carbocycles. The number of aryl methyl sites for hydroxylation is 1. The molecule has 2 aromatic rings. The van der Waals surface area contributed by atoms with Gasteiger partial charge in [0.2, 0.25) is 0 Å². The molecule has 0 aromatic carbocycles. The van der Waals surface area contributed by atoms with Crippen molar-refractivity contribution in [2.45, 2.75) is 6.92 Å². The van der Waals surface area contributed by atoms with E-state index in [-0.39, 0.29) is 0 Å². The van der Waals surface area contributed by atoms with Crippen LogP contribution in [0.5, 0.6) is 0 Å². The molecule has 2 aromatic heterocycles. The third-order valence-corrected chi connectivity index (χ3v) is 2.93. The summed E-state index contributed by atoms with van der Waals surface area (Å²) in [6.45, 7) is 2.09. The van der Waals surface area contributed by atoms with Gasteiger partial charge in [0.15, 0.2) is 0 Å². The van der Waals surface area contributed by atoms with E-state index in [0.29, 0.717) is 0 Å². The van der Waals surface area contributed by atoms with Crippen LogP contribution >= 0.6 is 11.3 Å². The Morgan fingerprint density at radius 3 is 2.83 bits per heavy atom. The second-order valence-electron chi connectivity index (χ2n) is 2.74. The third-order valence-electron chi connectivity index (χ3n) is 2.02. The fraction of sp³-hybridized carbons (Fsp3) is 0.222. The number of hydrogen-bond acceptors (Lipinski definition) is 2. The minimum Gasteiger partial charge on any atom is -0.272 e. The van der Waals surface area contributed by atoms with Gasteiger partial charge >= 0.3 is 0 Å². The first-order valence-corrected chi connectivity index (χ1v) is 4.69. The first-order valence-electron chi connectivity index (χ1n) is 3.81. The van der Waals surface area contributed by atoms with Crippen LogP contribution < -0.4 is 0 Å². The summed E-state index contributed by atoms with van der Waals surface area (Å²) in [6, 6.07) is 4.18. The smallest absolute Gasteiger partial charge is 0.0579 e. The zero-order valence-electron chi connectivity index (χ0n) is 7.11. The van der Waals surface area contributed by atoms with Crippen LogP contribution in [0, 0.1) is 6.92 Å². The highest BCUT2D eigenvalue weighted by molar-refractivity contribution is 7.13. The number of nitrogens with zero attached hydrogens (tertiary/aromatic N) is 2. The largest absolute Gasteiger partial charge is 0.272 e. The monoisotopic (exact) mass is 178 g/mol. The van der Waals surface area contributed by atoms with Crippen LogP contribution in [-0.4, -0.2) is 9.78 Å². The van der Waals surface area contributed by atoms with E-state index >= 15 is 0 Å². The fourth-order valence-electron chi connectivity index (χ4n) is 1.17. The van der Waals surface area contributed by atoms with Crippen LogP contribution in [0.15, 0.2) is 23.7 Å². The van der Waals surface area contributed by atoms with Crippen molar-refractivity contribution < 1.29 is 0 Å². The molecule has 62 valence electrons. The molecular weight excluding hydrogens is 168 g/mol. The molecule has 0 bridgehead atoms. The van der Waals surface area contributed by atoms with Gasteiger partial charge in [-0.3, -0.25) is 4.68 Å². The van der Waals surface area contributed by atoms with E-state index in [1.807, 2.05) is 17.9 Å². The summed E-state index contributed by atoms with van der Waals surface area (Å²) in [5, 5.41) is 6.28. The lowest BCUT2D eigenvalue weighted by molar-refractivity contribution is 0.740. The molecule has 2 rings (SSSR count). The summed E-state index contributed by atoms with van der Waals surface area (Å²) >= 11 is 1.75. The van der Waals surface area contributed by atoms with Gasteiger partial charge in [-0.25, -0.2) is 0 Å². The summed E-state index contributed by atoms with van der Waals surface area (Å²) in [5.74, 6) is 0. The van der Waals surface area contributed by atoms with Gasteiger partial charge in [-0.05, 0) is 18.4 Å². The molecule has 12 heavy (non-hydrogen) atoms.